The van der Waals surface area contributed by atoms with Gasteiger partial charge in [-0.1, -0.05) is 6.92 Å². The fourth-order valence-electron chi connectivity index (χ4n) is 1.12. The zero-order valence-electron chi connectivity index (χ0n) is 8.30. The van der Waals surface area contributed by atoms with Gasteiger partial charge in [0.15, 0.2) is 6.10 Å². The average Bonchev–Trinajstić information content (AvgIpc) is 2.52. The standard InChI is InChI=1S/C9H14N2O3/c1-3-4-14-8(9(12)13)7-5-10-11(2)6-7/h5-6,8H,3-4H2,1-2H3,(H,12,13). The molecule has 14 heavy (non-hydrogen) atoms. The van der Waals surface area contributed by atoms with E-state index >= 15 is 0 Å². The van der Waals surface area contributed by atoms with Crippen LogP contribution in [0, 0.1) is 0 Å². The van der Waals surface area contributed by atoms with E-state index in [1.807, 2.05) is 6.92 Å². The molecule has 0 saturated heterocycles. The first-order valence-electron chi connectivity index (χ1n) is 4.48. The summed E-state index contributed by atoms with van der Waals surface area (Å²) in [4.78, 5) is 10.9. The average molecular weight is 198 g/mol. The number of carboxylic acid groups (broad SMARTS) is 1. The van der Waals surface area contributed by atoms with Crippen molar-refractivity contribution >= 4 is 5.97 Å². The molecule has 1 atom stereocenters. The monoisotopic (exact) mass is 198 g/mol. The van der Waals surface area contributed by atoms with E-state index in [9.17, 15) is 4.79 Å². The highest BCUT2D eigenvalue weighted by Gasteiger charge is 2.21. The molecule has 1 heterocycles. The van der Waals surface area contributed by atoms with E-state index in [4.69, 9.17) is 9.84 Å². The van der Waals surface area contributed by atoms with Crippen LogP contribution in [0.15, 0.2) is 12.4 Å². The Labute approximate surface area is 82.3 Å². The summed E-state index contributed by atoms with van der Waals surface area (Å²) in [7, 11) is 1.74. The number of aromatic nitrogens is 2. The molecule has 5 heteroatoms. The molecule has 0 radical (unpaired) electrons. The molecule has 0 fully saturated rings. The minimum Gasteiger partial charge on any atom is -0.479 e. The minimum absolute atomic E-state index is 0.436. The van der Waals surface area contributed by atoms with Crippen LogP contribution in [-0.2, 0) is 16.6 Å². The summed E-state index contributed by atoms with van der Waals surface area (Å²) in [6, 6.07) is 0. The van der Waals surface area contributed by atoms with Gasteiger partial charge in [0.25, 0.3) is 0 Å². The van der Waals surface area contributed by atoms with Crippen molar-refractivity contribution in [2.75, 3.05) is 6.61 Å². The van der Waals surface area contributed by atoms with E-state index in [2.05, 4.69) is 5.10 Å². The highest BCUT2D eigenvalue weighted by molar-refractivity contribution is 5.74. The van der Waals surface area contributed by atoms with Gasteiger partial charge in [-0.15, -0.1) is 0 Å². The first-order valence-corrected chi connectivity index (χ1v) is 4.48. The third kappa shape index (κ3) is 2.56. The van der Waals surface area contributed by atoms with Crippen molar-refractivity contribution in [1.82, 2.24) is 9.78 Å². The number of carbonyl (C=O) groups is 1. The Morgan fingerprint density at radius 1 is 1.79 bits per heavy atom. The van der Waals surface area contributed by atoms with Crippen LogP contribution in [-0.4, -0.2) is 27.5 Å². The second-order valence-corrected chi connectivity index (χ2v) is 3.04. The Hall–Kier alpha value is -1.36. The number of carboxylic acids is 1. The maximum Gasteiger partial charge on any atom is 0.337 e. The molecule has 0 spiro atoms. The second-order valence-electron chi connectivity index (χ2n) is 3.04. The lowest BCUT2D eigenvalue weighted by Crippen LogP contribution is -2.15. The van der Waals surface area contributed by atoms with Crippen molar-refractivity contribution in [2.24, 2.45) is 7.05 Å². The van der Waals surface area contributed by atoms with Gasteiger partial charge in [0.1, 0.15) is 0 Å². The first-order chi connectivity index (χ1) is 6.65. The normalized spacial score (nSPS) is 12.7. The summed E-state index contributed by atoms with van der Waals surface area (Å²) >= 11 is 0. The van der Waals surface area contributed by atoms with Gasteiger partial charge in [0, 0.05) is 25.4 Å². The lowest BCUT2D eigenvalue weighted by atomic mass is 10.2. The van der Waals surface area contributed by atoms with Gasteiger partial charge in [-0.05, 0) is 6.42 Å². The number of ether oxygens (including phenoxy) is 1. The van der Waals surface area contributed by atoms with Crippen LogP contribution < -0.4 is 0 Å². The summed E-state index contributed by atoms with van der Waals surface area (Å²) in [6.45, 7) is 2.37. The van der Waals surface area contributed by atoms with Gasteiger partial charge >= 0.3 is 5.97 Å². The molecule has 1 aromatic rings. The fraction of sp³-hybridized carbons (Fsp3) is 0.556. The maximum atomic E-state index is 10.9. The van der Waals surface area contributed by atoms with Crippen LogP contribution in [0.3, 0.4) is 0 Å². The van der Waals surface area contributed by atoms with Crippen molar-refractivity contribution in [1.29, 1.82) is 0 Å². The van der Waals surface area contributed by atoms with Crippen molar-refractivity contribution < 1.29 is 14.6 Å². The number of nitrogens with zero attached hydrogens (tertiary/aromatic N) is 2. The quantitative estimate of drug-likeness (QED) is 0.765. The smallest absolute Gasteiger partial charge is 0.337 e. The third-order valence-corrected chi connectivity index (χ3v) is 1.74. The van der Waals surface area contributed by atoms with E-state index in [0.717, 1.165) is 6.42 Å². The van der Waals surface area contributed by atoms with Crippen molar-refractivity contribution in [3.63, 3.8) is 0 Å². The number of rotatable bonds is 5. The molecular weight excluding hydrogens is 184 g/mol. The molecule has 78 valence electrons. The van der Waals surface area contributed by atoms with Gasteiger partial charge < -0.3 is 9.84 Å². The molecule has 0 bridgehead atoms. The van der Waals surface area contributed by atoms with Gasteiger partial charge in [-0.2, -0.15) is 5.10 Å². The molecule has 0 aliphatic carbocycles. The maximum absolute atomic E-state index is 10.9. The zero-order valence-corrected chi connectivity index (χ0v) is 8.30. The Balaban J connectivity index is 2.72. The van der Waals surface area contributed by atoms with E-state index in [-0.39, 0.29) is 0 Å². The Morgan fingerprint density at radius 2 is 2.50 bits per heavy atom. The molecule has 0 aromatic carbocycles. The fourth-order valence-corrected chi connectivity index (χ4v) is 1.12. The Morgan fingerprint density at radius 3 is 2.93 bits per heavy atom. The van der Waals surface area contributed by atoms with Crippen LogP contribution in [0.25, 0.3) is 0 Å². The molecule has 1 aromatic heterocycles. The van der Waals surface area contributed by atoms with Crippen LogP contribution in [0.1, 0.15) is 25.0 Å². The Kier molecular flexibility index (Phi) is 3.64. The van der Waals surface area contributed by atoms with E-state index in [0.29, 0.717) is 12.2 Å². The molecule has 1 N–H and O–H groups in total. The molecule has 0 saturated carbocycles. The van der Waals surface area contributed by atoms with E-state index in [1.165, 1.54) is 6.20 Å². The topological polar surface area (TPSA) is 64.3 Å². The number of hydrogen-bond acceptors (Lipinski definition) is 3. The summed E-state index contributed by atoms with van der Waals surface area (Å²) < 4.78 is 6.76. The summed E-state index contributed by atoms with van der Waals surface area (Å²) in [5.74, 6) is -0.980. The molecule has 5 nitrogen and oxygen atoms in total. The molecular formula is C9H14N2O3. The summed E-state index contributed by atoms with van der Waals surface area (Å²) in [6.07, 6.45) is 3.05. The van der Waals surface area contributed by atoms with E-state index in [1.54, 1.807) is 17.9 Å². The summed E-state index contributed by atoms with van der Waals surface area (Å²) in [5, 5.41) is 12.8. The highest BCUT2D eigenvalue weighted by atomic mass is 16.5. The van der Waals surface area contributed by atoms with Gasteiger partial charge in [-0.25, -0.2) is 4.79 Å². The number of aliphatic carboxylic acids is 1. The van der Waals surface area contributed by atoms with Gasteiger partial charge in [0.2, 0.25) is 0 Å². The van der Waals surface area contributed by atoms with E-state index < -0.39 is 12.1 Å². The van der Waals surface area contributed by atoms with Gasteiger partial charge in [-0.3, -0.25) is 4.68 Å². The van der Waals surface area contributed by atoms with Crippen LogP contribution >= 0.6 is 0 Å². The lowest BCUT2D eigenvalue weighted by molar-refractivity contribution is -0.150. The predicted molar refractivity (Wildman–Crippen MR) is 49.8 cm³/mol. The lowest BCUT2D eigenvalue weighted by Gasteiger charge is -2.10. The second kappa shape index (κ2) is 4.76. The minimum atomic E-state index is -0.980. The first kappa shape index (κ1) is 10.7. The van der Waals surface area contributed by atoms with Crippen molar-refractivity contribution in [3.8, 4) is 0 Å². The van der Waals surface area contributed by atoms with Gasteiger partial charge in [0.05, 0.1) is 6.20 Å². The Bertz CT molecular complexity index is 309. The SMILES string of the molecule is CCCOC(C(=O)O)c1cnn(C)c1. The van der Waals surface area contributed by atoms with Crippen LogP contribution in [0.4, 0.5) is 0 Å². The number of hydrogen-bond donors (Lipinski definition) is 1. The number of aryl methyl sites for hydroxylation is 1. The van der Waals surface area contributed by atoms with Crippen LogP contribution in [0.5, 0.6) is 0 Å². The predicted octanol–water partition coefficient (Wildman–Crippen LogP) is 0.972. The van der Waals surface area contributed by atoms with Crippen molar-refractivity contribution in [2.45, 2.75) is 19.4 Å². The van der Waals surface area contributed by atoms with Crippen LogP contribution in [0.2, 0.25) is 0 Å². The molecule has 0 aliphatic rings. The molecule has 1 unspecified atom stereocenters. The summed E-state index contributed by atoms with van der Waals surface area (Å²) in [5.41, 5.74) is 0.577. The third-order valence-electron chi connectivity index (χ3n) is 1.74. The molecule has 0 aliphatic heterocycles. The zero-order chi connectivity index (χ0) is 10.6. The van der Waals surface area contributed by atoms with Crippen molar-refractivity contribution in [3.05, 3.63) is 18.0 Å². The molecule has 1 rings (SSSR count). The highest BCUT2D eigenvalue weighted by Crippen LogP contribution is 2.16. The largest absolute Gasteiger partial charge is 0.479 e. The molecule has 0 amide bonds.